The van der Waals surface area contributed by atoms with Gasteiger partial charge in [0.25, 0.3) is 0 Å². The molecule has 0 heterocycles. The number of hydrogen-bond donors (Lipinski definition) is 12. The van der Waals surface area contributed by atoms with E-state index >= 15 is 0 Å². The fourth-order valence-corrected chi connectivity index (χ4v) is 0. The Kier molecular flexibility index (Phi) is 230. The van der Waals surface area contributed by atoms with E-state index in [1.807, 2.05) is 0 Å². The van der Waals surface area contributed by atoms with Crippen molar-refractivity contribution in [2.45, 2.75) is 0 Å². The van der Waals surface area contributed by atoms with E-state index in [1.54, 1.807) is 0 Å². The van der Waals surface area contributed by atoms with Gasteiger partial charge in [-0.2, -0.15) is 0 Å². The van der Waals surface area contributed by atoms with E-state index in [-0.39, 0.29) is 80.9 Å². The van der Waals surface area contributed by atoms with Crippen molar-refractivity contribution < 1.29 is 71.9 Å². The van der Waals surface area contributed by atoms with Gasteiger partial charge in [0.1, 0.15) is 0 Å². The number of hydrogen-bond acceptors (Lipinski definition) is 12. The minimum absolute atomic E-state index is 0. The summed E-state index contributed by atoms with van der Waals surface area (Å²) < 4.78 is 0. The standard InChI is InChI=1S/6C2H7NO.2ClH.Ni/c6*3-1-2-4;;;/h6*4H,1-3H2;2*1H;/q;;;;;;;;+2/p-2. The molecule has 12 nitrogen and oxygen atoms in total. The summed E-state index contributed by atoms with van der Waals surface area (Å²) in [5.74, 6) is 0. The third-order valence-corrected chi connectivity index (χ3v) is 0.775. The monoisotopic (exact) mass is 494 g/mol. The van der Waals surface area contributed by atoms with E-state index in [1.165, 1.54) is 0 Å². The van der Waals surface area contributed by atoms with E-state index in [9.17, 15) is 0 Å². The van der Waals surface area contributed by atoms with Crippen molar-refractivity contribution in [3.8, 4) is 0 Å². The molecule has 180 valence electrons. The molecule has 0 fully saturated rings. The molecule has 0 aromatic rings. The number of halogens is 2. The smallest absolute Gasteiger partial charge is 1.00 e. The fraction of sp³-hybridized carbons (Fsp3) is 1.00. The van der Waals surface area contributed by atoms with Crippen molar-refractivity contribution in [2.24, 2.45) is 34.4 Å². The van der Waals surface area contributed by atoms with Crippen molar-refractivity contribution in [1.82, 2.24) is 0 Å². The fourth-order valence-electron chi connectivity index (χ4n) is 0. The third kappa shape index (κ3) is 370. The van der Waals surface area contributed by atoms with E-state index in [0.717, 1.165) is 0 Å². The van der Waals surface area contributed by atoms with Crippen LogP contribution >= 0.6 is 0 Å². The Balaban J connectivity index is -0.0000000201. The quantitative estimate of drug-likeness (QED) is 0.153. The second-order valence-corrected chi connectivity index (χ2v) is 3.07. The van der Waals surface area contributed by atoms with Gasteiger partial charge in [0.05, 0.1) is 39.6 Å². The van der Waals surface area contributed by atoms with E-state index in [2.05, 4.69) is 0 Å². The maximum atomic E-state index is 7.75. The van der Waals surface area contributed by atoms with Gasteiger partial charge in [-0.15, -0.1) is 0 Å². The minimum Gasteiger partial charge on any atom is -1.00 e. The molecule has 0 rings (SSSR count). The summed E-state index contributed by atoms with van der Waals surface area (Å²) in [5, 5.41) is 46.5. The Bertz CT molecular complexity index is 95.4. The molecule has 18 N–H and O–H groups in total. The van der Waals surface area contributed by atoms with Crippen LogP contribution < -0.4 is 59.2 Å². The van der Waals surface area contributed by atoms with Crippen LogP contribution in [0, 0.1) is 0 Å². The average Bonchev–Trinajstić information content (AvgIpc) is 2.68. The van der Waals surface area contributed by atoms with Crippen LogP contribution in [0.4, 0.5) is 0 Å². The predicted molar refractivity (Wildman–Crippen MR) is 96.8 cm³/mol. The predicted octanol–water partition coefficient (Wildman–Crippen LogP) is -12.4. The number of rotatable bonds is 6. The number of aliphatic hydroxyl groups excluding tert-OH is 6. The maximum absolute atomic E-state index is 7.75. The van der Waals surface area contributed by atoms with Crippen LogP contribution in [0.2, 0.25) is 0 Å². The maximum Gasteiger partial charge on any atom is 2.00 e. The van der Waals surface area contributed by atoms with E-state index in [4.69, 9.17) is 65.0 Å². The zero-order valence-electron chi connectivity index (χ0n) is 15.7. The zero-order valence-corrected chi connectivity index (χ0v) is 18.2. The summed E-state index contributed by atoms with van der Waals surface area (Å²) in [5.41, 5.74) is 28.7. The van der Waals surface area contributed by atoms with Crippen LogP contribution in [0.3, 0.4) is 0 Å². The molecule has 27 heavy (non-hydrogen) atoms. The summed E-state index contributed by atoms with van der Waals surface area (Å²) >= 11 is 0. The van der Waals surface area contributed by atoms with Gasteiger partial charge in [-0.3, -0.25) is 0 Å². The number of nitrogens with two attached hydrogens (primary N) is 6. The molecule has 0 aromatic carbocycles. The van der Waals surface area contributed by atoms with Crippen LogP contribution in [0.5, 0.6) is 0 Å². The molecule has 0 spiro atoms. The molecule has 0 aromatic heterocycles. The van der Waals surface area contributed by atoms with Gasteiger partial charge in [-0.1, -0.05) is 0 Å². The van der Waals surface area contributed by atoms with E-state index < -0.39 is 0 Å². The van der Waals surface area contributed by atoms with Gasteiger partial charge in [-0.05, 0) is 0 Å². The normalized spacial score (nSPS) is 6.67. The van der Waals surface area contributed by atoms with Crippen molar-refractivity contribution in [3.05, 3.63) is 0 Å². The molecule has 0 aliphatic rings. The summed E-state index contributed by atoms with van der Waals surface area (Å²) in [6, 6.07) is 0. The molecule has 0 saturated carbocycles. The van der Waals surface area contributed by atoms with Crippen LogP contribution in [0.15, 0.2) is 0 Å². The molecule has 0 bridgehead atoms. The first-order valence-corrected chi connectivity index (χ1v) is 7.35. The van der Waals surface area contributed by atoms with Gasteiger partial charge < -0.3 is 89.9 Å². The van der Waals surface area contributed by atoms with Gasteiger partial charge in [0.2, 0.25) is 0 Å². The molecule has 15 heteroatoms. The zero-order chi connectivity index (χ0) is 20.5. The Hall–Kier alpha value is 0.594. The topological polar surface area (TPSA) is 278 Å². The van der Waals surface area contributed by atoms with Crippen molar-refractivity contribution in [3.63, 3.8) is 0 Å². The van der Waals surface area contributed by atoms with Crippen molar-refractivity contribution in [2.75, 3.05) is 78.9 Å². The second kappa shape index (κ2) is 110. The van der Waals surface area contributed by atoms with E-state index in [0.29, 0.717) is 39.3 Å². The molecule has 0 unspecified atom stereocenters. The van der Waals surface area contributed by atoms with Gasteiger partial charge in [-0.25, -0.2) is 0 Å². The molecule has 0 radical (unpaired) electrons. The minimum atomic E-state index is 0. The average molecular weight is 496 g/mol. The van der Waals surface area contributed by atoms with Crippen LogP contribution in [-0.4, -0.2) is 110 Å². The van der Waals surface area contributed by atoms with Crippen LogP contribution in [0.1, 0.15) is 0 Å². The first kappa shape index (κ1) is 56.4. The van der Waals surface area contributed by atoms with Gasteiger partial charge in [0.15, 0.2) is 0 Å². The second-order valence-electron chi connectivity index (χ2n) is 3.07. The Morgan fingerprint density at radius 3 is 0.370 bits per heavy atom. The largest absolute Gasteiger partial charge is 2.00 e. The molecule has 0 atom stereocenters. The summed E-state index contributed by atoms with van der Waals surface area (Å²) in [7, 11) is 0. The molecule has 0 aliphatic carbocycles. The van der Waals surface area contributed by atoms with Crippen molar-refractivity contribution >= 4 is 0 Å². The third-order valence-electron chi connectivity index (χ3n) is 0.775. The molecule has 0 amide bonds. The Morgan fingerprint density at radius 2 is 0.370 bits per heavy atom. The summed E-state index contributed by atoms with van der Waals surface area (Å²) in [6.45, 7) is 2.83. The first-order chi connectivity index (χ1) is 11.5. The van der Waals surface area contributed by atoms with Crippen molar-refractivity contribution in [1.29, 1.82) is 0 Å². The van der Waals surface area contributed by atoms with Gasteiger partial charge in [0, 0.05) is 39.3 Å². The molecule has 0 aliphatic heterocycles. The van der Waals surface area contributed by atoms with Gasteiger partial charge >= 0.3 is 16.5 Å². The molecule has 0 saturated heterocycles. The SMILES string of the molecule is NCCO.NCCO.NCCO.NCCO.NCCO.NCCO.[Cl-].[Cl-].[Ni+2]. The molecular weight excluding hydrogens is 454 g/mol. The van der Waals surface area contributed by atoms with Crippen LogP contribution in [0.25, 0.3) is 0 Å². The molecular formula is C12H42Cl2N6NiO6. The Labute approximate surface area is 185 Å². The summed E-state index contributed by atoms with van der Waals surface area (Å²) in [4.78, 5) is 0. The summed E-state index contributed by atoms with van der Waals surface area (Å²) in [6.07, 6.45) is 0. The number of aliphatic hydroxyl groups is 6. The first-order valence-electron chi connectivity index (χ1n) is 7.35. The Morgan fingerprint density at radius 1 is 0.333 bits per heavy atom. The van der Waals surface area contributed by atoms with Crippen LogP contribution in [-0.2, 0) is 16.5 Å².